The van der Waals surface area contributed by atoms with Gasteiger partial charge in [0, 0.05) is 5.70 Å². The van der Waals surface area contributed by atoms with Crippen LogP contribution in [-0.2, 0) is 4.79 Å². The van der Waals surface area contributed by atoms with Gasteiger partial charge in [-0.15, -0.1) is 0 Å². The smallest absolute Gasteiger partial charge is 0.235 e. The summed E-state index contributed by atoms with van der Waals surface area (Å²) in [5, 5.41) is 9.68. The van der Waals surface area contributed by atoms with Crippen molar-refractivity contribution in [3.05, 3.63) is 23.9 Å². The third-order valence-corrected chi connectivity index (χ3v) is 3.04. The Kier molecular flexibility index (Phi) is 2.82. The van der Waals surface area contributed by atoms with E-state index in [1.807, 2.05) is 29.5 Å². The highest BCUT2D eigenvalue weighted by atomic mass is 127. The first kappa shape index (κ1) is 10.7. The molecular formula is C9H12INO2. The first-order valence-corrected chi connectivity index (χ1v) is 5.02. The van der Waals surface area contributed by atoms with E-state index in [0.29, 0.717) is 0 Å². The molecule has 0 saturated carbocycles. The molecule has 1 rings (SSSR count). The molecule has 13 heavy (non-hydrogen) atoms. The van der Waals surface area contributed by atoms with Crippen LogP contribution in [0.4, 0.5) is 0 Å². The summed E-state index contributed by atoms with van der Waals surface area (Å²) in [6.45, 7) is 7.28. The topological polar surface area (TPSA) is 40.5 Å². The number of likely N-dealkylation sites (tertiary alicyclic amines) is 1. The second-order valence-corrected chi connectivity index (χ2v) is 4.83. The largest absolute Gasteiger partial charge is 0.362 e. The minimum Gasteiger partial charge on any atom is -0.362 e. The average Bonchev–Trinajstić information content (AvgIpc) is 2.00. The van der Waals surface area contributed by atoms with Crippen molar-refractivity contribution < 1.29 is 9.90 Å². The molecule has 0 radical (unpaired) electrons. The van der Waals surface area contributed by atoms with Crippen LogP contribution >= 0.6 is 22.6 Å². The van der Waals surface area contributed by atoms with E-state index >= 15 is 0 Å². The summed E-state index contributed by atoms with van der Waals surface area (Å²) in [6.07, 6.45) is 1.86. The summed E-state index contributed by atoms with van der Waals surface area (Å²) >= 11 is 1.86. The summed E-state index contributed by atoms with van der Waals surface area (Å²) in [4.78, 5) is 12.6. The fourth-order valence-electron chi connectivity index (χ4n) is 1.22. The van der Waals surface area contributed by atoms with Gasteiger partial charge in [-0.2, -0.15) is 0 Å². The summed E-state index contributed by atoms with van der Waals surface area (Å²) < 4.78 is -1.04. The Morgan fingerprint density at radius 1 is 1.77 bits per heavy atom. The number of rotatable bonds is 2. The lowest BCUT2D eigenvalue weighted by Gasteiger charge is -2.44. The Balaban J connectivity index is 2.95. The number of carbonyl (C=O) groups is 1. The van der Waals surface area contributed by atoms with Gasteiger partial charge in [0.05, 0.1) is 6.42 Å². The van der Waals surface area contributed by atoms with Crippen molar-refractivity contribution in [2.45, 2.75) is 24.0 Å². The van der Waals surface area contributed by atoms with Crippen LogP contribution in [0.15, 0.2) is 23.9 Å². The number of carbonyl (C=O) groups excluding carboxylic acids is 1. The van der Waals surface area contributed by atoms with Gasteiger partial charge in [0.1, 0.15) is 0 Å². The van der Waals surface area contributed by atoms with E-state index < -0.39 is 3.73 Å². The van der Waals surface area contributed by atoms with Crippen LogP contribution in [0.2, 0.25) is 0 Å². The third-order valence-electron chi connectivity index (χ3n) is 2.18. The van der Waals surface area contributed by atoms with Crippen molar-refractivity contribution in [2.75, 3.05) is 0 Å². The van der Waals surface area contributed by atoms with Crippen LogP contribution in [0.3, 0.4) is 0 Å². The molecule has 3 nitrogen and oxygen atoms in total. The molecular weight excluding hydrogens is 281 g/mol. The van der Waals surface area contributed by atoms with E-state index in [9.17, 15) is 9.90 Å². The predicted octanol–water partition coefficient (Wildman–Crippen LogP) is 1.78. The molecule has 1 aliphatic rings. The average molecular weight is 293 g/mol. The summed E-state index contributed by atoms with van der Waals surface area (Å²) in [5.41, 5.74) is 1.67. The number of amides is 1. The second kappa shape index (κ2) is 3.42. The first-order valence-electron chi connectivity index (χ1n) is 3.94. The quantitative estimate of drug-likeness (QED) is 0.277. The number of β-lactam (4-membered cyclic amide) rings is 1. The zero-order chi connectivity index (χ0) is 10.2. The molecule has 4 heteroatoms. The van der Waals surface area contributed by atoms with E-state index in [0.717, 1.165) is 11.3 Å². The van der Waals surface area contributed by atoms with Gasteiger partial charge < -0.3 is 5.11 Å². The molecule has 0 aromatic rings. The maximum Gasteiger partial charge on any atom is 0.235 e. The lowest BCUT2D eigenvalue weighted by atomic mass is 10.1. The highest BCUT2D eigenvalue weighted by Gasteiger charge is 2.48. The molecule has 1 saturated heterocycles. The number of aliphatic hydroxyl groups is 1. The molecule has 1 aliphatic heterocycles. The fraction of sp³-hybridized carbons (Fsp3) is 0.444. The zero-order valence-corrected chi connectivity index (χ0v) is 9.83. The predicted molar refractivity (Wildman–Crippen MR) is 59.0 cm³/mol. The number of halogens is 1. The molecule has 72 valence electrons. The second-order valence-electron chi connectivity index (χ2n) is 3.10. The molecule has 0 aromatic carbocycles. The molecule has 1 N–H and O–H groups in total. The van der Waals surface area contributed by atoms with Crippen LogP contribution < -0.4 is 0 Å². The van der Waals surface area contributed by atoms with E-state index in [4.69, 9.17) is 0 Å². The highest BCUT2D eigenvalue weighted by Crippen LogP contribution is 2.39. The van der Waals surface area contributed by atoms with Gasteiger partial charge in [0.2, 0.25) is 9.64 Å². The van der Waals surface area contributed by atoms with Crippen molar-refractivity contribution in [3.8, 4) is 0 Å². The van der Waals surface area contributed by atoms with Gasteiger partial charge in [0.15, 0.2) is 0 Å². The van der Waals surface area contributed by atoms with Crippen LogP contribution in [0.5, 0.6) is 0 Å². The Labute approximate surface area is 91.3 Å². The highest BCUT2D eigenvalue weighted by molar-refractivity contribution is 14.1. The van der Waals surface area contributed by atoms with Crippen LogP contribution in [-0.4, -0.2) is 19.6 Å². The van der Waals surface area contributed by atoms with Crippen molar-refractivity contribution in [2.24, 2.45) is 0 Å². The van der Waals surface area contributed by atoms with Crippen molar-refractivity contribution in [1.82, 2.24) is 4.90 Å². The van der Waals surface area contributed by atoms with Gasteiger partial charge in [-0.3, -0.25) is 9.69 Å². The minimum absolute atomic E-state index is 0.0457. The van der Waals surface area contributed by atoms with Crippen molar-refractivity contribution >= 4 is 28.5 Å². The maximum atomic E-state index is 11.2. The van der Waals surface area contributed by atoms with Crippen LogP contribution in [0.1, 0.15) is 20.3 Å². The summed E-state index contributed by atoms with van der Waals surface area (Å²) in [7, 11) is 0. The van der Waals surface area contributed by atoms with Gasteiger partial charge in [-0.05, 0) is 42.0 Å². The van der Waals surface area contributed by atoms with Crippen LogP contribution in [0, 0.1) is 0 Å². The maximum absolute atomic E-state index is 11.2. The lowest BCUT2D eigenvalue weighted by molar-refractivity contribution is -0.161. The van der Waals surface area contributed by atoms with E-state index in [-0.39, 0.29) is 12.3 Å². The summed E-state index contributed by atoms with van der Waals surface area (Å²) in [6, 6.07) is 0. The van der Waals surface area contributed by atoms with Gasteiger partial charge >= 0.3 is 0 Å². The van der Waals surface area contributed by atoms with Crippen LogP contribution in [0.25, 0.3) is 0 Å². The molecule has 1 fully saturated rings. The van der Waals surface area contributed by atoms with E-state index in [2.05, 4.69) is 6.58 Å². The van der Waals surface area contributed by atoms with E-state index in [1.54, 1.807) is 13.0 Å². The molecule has 0 aromatic heterocycles. The molecule has 1 atom stereocenters. The fourth-order valence-corrected chi connectivity index (χ4v) is 2.18. The Morgan fingerprint density at radius 3 is 2.62 bits per heavy atom. The number of nitrogens with zero attached hydrogens (tertiary/aromatic N) is 1. The molecule has 0 aliphatic carbocycles. The van der Waals surface area contributed by atoms with E-state index in [1.165, 1.54) is 4.90 Å². The normalized spacial score (nSPS) is 29.5. The summed E-state index contributed by atoms with van der Waals surface area (Å²) in [5.74, 6) is -0.0457. The molecule has 1 unspecified atom stereocenters. The minimum atomic E-state index is -1.04. The number of hydrogen-bond donors (Lipinski definition) is 1. The number of allylic oxidation sites excluding steroid dienone is 3. The van der Waals surface area contributed by atoms with Crippen molar-refractivity contribution in [1.29, 1.82) is 0 Å². The molecule has 1 amide bonds. The lowest BCUT2D eigenvalue weighted by Crippen LogP contribution is -2.58. The van der Waals surface area contributed by atoms with Gasteiger partial charge in [-0.25, -0.2) is 0 Å². The third kappa shape index (κ3) is 1.78. The first-order chi connectivity index (χ1) is 5.90. The number of alkyl halides is 1. The SMILES string of the molecule is C=C/C(C)=C(\C)N1C(=O)CC1(O)I. The van der Waals surface area contributed by atoms with Crippen molar-refractivity contribution in [3.63, 3.8) is 0 Å². The molecule has 0 spiro atoms. The number of hydrogen-bond acceptors (Lipinski definition) is 2. The zero-order valence-electron chi connectivity index (χ0n) is 7.67. The van der Waals surface area contributed by atoms with Gasteiger partial charge in [-0.1, -0.05) is 12.7 Å². The standard InChI is InChI=1S/C9H12INO2/c1-4-6(2)7(3)11-8(12)5-9(11,10)13/h4,13H,1,5H2,2-3H3/b7-6+. The Hall–Kier alpha value is -0.360. The molecule has 0 bridgehead atoms. The Bertz CT molecular complexity index is 294. The Morgan fingerprint density at radius 2 is 2.31 bits per heavy atom. The monoisotopic (exact) mass is 293 g/mol. The van der Waals surface area contributed by atoms with Gasteiger partial charge in [0.25, 0.3) is 0 Å². The molecule has 1 heterocycles.